The van der Waals surface area contributed by atoms with E-state index in [1.807, 2.05) is 35.8 Å². The molecule has 2 aromatic carbocycles. The highest BCUT2D eigenvalue weighted by Crippen LogP contribution is 2.34. The summed E-state index contributed by atoms with van der Waals surface area (Å²) < 4.78 is 15.7. The minimum Gasteiger partial charge on any atom is -0.339 e. The Morgan fingerprint density at radius 1 is 1.17 bits per heavy atom. The molecule has 0 atom stereocenters. The first kappa shape index (κ1) is 18.9. The van der Waals surface area contributed by atoms with Crippen LogP contribution >= 0.6 is 0 Å². The summed E-state index contributed by atoms with van der Waals surface area (Å²) in [5.41, 5.74) is 9.60. The Morgan fingerprint density at radius 3 is 2.62 bits per heavy atom. The van der Waals surface area contributed by atoms with Crippen LogP contribution in [0.5, 0.6) is 0 Å². The number of carbonyl (C=O) groups excluding carboxylic acids is 1. The Bertz CT molecular complexity index is 1100. The van der Waals surface area contributed by atoms with Crippen molar-refractivity contribution in [3.05, 3.63) is 71.4 Å². The number of aryl methyl sites for hydroxylation is 2. The zero-order chi connectivity index (χ0) is 20.5. The molecule has 0 aliphatic carbocycles. The van der Waals surface area contributed by atoms with Crippen LogP contribution in [0.25, 0.3) is 17.5 Å². The number of amides is 1. The zero-order valence-electron chi connectivity index (χ0n) is 16.3. The average Bonchev–Trinajstić information content (AvgIpc) is 3.08. The molecule has 1 aromatic heterocycles. The van der Waals surface area contributed by atoms with Crippen LogP contribution in [0.2, 0.25) is 0 Å². The third kappa shape index (κ3) is 3.64. The number of rotatable bonds is 4. The molecular weight excluding hydrogens is 369 g/mol. The van der Waals surface area contributed by atoms with Crippen LogP contribution in [-0.2, 0) is 11.3 Å². The molecule has 3 aromatic rings. The number of hydrogen-bond acceptors (Lipinski definition) is 4. The lowest BCUT2D eigenvalue weighted by molar-refractivity contribution is -0.127. The molecular formula is C22H22FN5O. The van der Waals surface area contributed by atoms with Crippen molar-refractivity contribution in [3.63, 3.8) is 0 Å². The van der Waals surface area contributed by atoms with Gasteiger partial charge in [-0.05, 0) is 49.7 Å². The van der Waals surface area contributed by atoms with Crippen molar-refractivity contribution in [2.24, 2.45) is 5.73 Å². The lowest BCUT2D eigenvalue weighted by Gasteiger charge is -2.22. The fourth-order valence-corrected chi connectivity index (χ4v) is 3.28. The normalized spacial score (nSPS) is 12.8. The van der Waals surface area contributed by atoms with E-state index < -0.39 is 0 Å². The van der Waals surface area contributed by atoms with E-state index in [4.69, 9.17) is 10.7 Å². The van der Waals surface area contributed by atoms with Crippen LogP contribution in [-0.4, -0.2) is 26.9 Å². The van der Waals surface area contributed by atoms with Gasteiger partial charge in [-0.3, -0.25) is 9.36 Å². The minimum atomic E-state index is -0.259. The van der Waals surface area contributed by atoms with E-state index in [0.29, 0.717) is 23.6 Å². The lowest BCUT2D eigenvalue weighted by atomic mass is 10.1. The monoisotopic (exact) mass is 391 g/mol. The van der Waals surface area contributed by atoms with Crippen LogP contribution in [0.4, 0.5) is 15.9 Å². The summed E-state index contributed by atoms with van der Waals surface area (Å²) in [6, 6.07) is 13.0. The van der Waals surface area contributed by atoms with Gasteiger partial charge in [0, 0.05) is 23.7 Å². The van der Waals surface area contributed by atoms with Crippen LogP contribution in [0.15, 0.2) is 48.7 Å². The van der Waals surface area contributed by atoms with E-state index in [1.165, 1.54) is 11.0 Å². The van der Waals surface area contributed by atoms with Crippen molar-refractivity contribution in [1.82, 2.24) is 14.5 Å². The largest absolute Gasteiger partial charge is 0.339 e. The number of carbonyl (C=O) groups is 1. The molecule has 29 heavy (non-hydrogen) atoms. The second-order valence-electron chi connectivity index (χ2n) is 7.07. The van der Waals surface area contributed by atoms with E-state index in [0.717, 1.165) is 22.6 Å². The number of fused-ring (bicyclic) bond motifs is 1. The standard InChI is InChI=1S/C22H22FN5O/c1-14-3-6-17(7-4-14)25-22-21(16-5-8-18(23)15(2)11-16)26-19-13-27(20(29)12-24)9-10-28(19)22/h3-11,25H,12-13,24H2,1-2H3. The Hall–Kier alpha value is -3.45. The zero-order valence-corrected chi connectivity index (χ0v) is 16.3. The number of nitrogens with two attached hydrogens (primary N) is 1. The SMILES string of the molecule is Cc1ccc(Nc2c(-c3ccc(F)c(C)c3)nc3n2C=CN(C(=O)CN)C3)cc1. The topological polar surface area (TPSA) is 76.2 Å². The maximum Gasteiger partial charge on any atom is 0.240 e. The van der Waals surface area contributed by atoms with Crippen molar-refractivity contribution in [2.45, 2.75) is 20.4 Å². The number of anilines is 2. The highest BCUT2D eigenvalue weighted by molar-refractivity contribution is 5.82. The van der Waals surface area contributed by atoms with Crippen molar-refractivity contribution in [2.75, 3.05) is 11.9 Å². The smallest absolute Gasteiger partial charge is 0.240 e. The molecule has 0 bridgehead atoms. The van der Waals surface area contributed by atoms with E-state index in [-0.39, 0.29) is 18.3 Å². The van der Waals surface area contributed by atoms with Crippen molar-refractivity contribution in [1.29, 1.82) is 0 Å². The quantitative estimate of drug-likeness (QED) is 0.710. The van der Waals surface area contributed by atoms with Crippen LogP contribution in [0.3, 0.4) is 0 Å². The van der Waals surface area contributed by atoms with E-state index in [9.17, 15) is 9.18 Å². The summed E-state index contributed by atoms with van der Waals surface area (Å²) in [6.07, 6.45) is 3.49. The molecule has 7 heteroatoms. The summed E-state index contributed by atoms with van der Waals surface area (Å²) in [5, 5.41) is 3.43. The molecule has 4 rings (SSSR count). The Balaban J connectivity index is 1.80. The molecule has 0 unspecified atom stereocenters. The number of benzene rings is 2. The van der Waals surface area contributed by atoms with Crippen molar-refractivity contribution in [3.8, 4) is 11.3 Å². The molecule has 0 spiro atoms. The highest BCUT2D eigenvalue weighted by Gasteiger charge is 2.24. The van der Waals surface area contributed by atoms with Gasteiger partial charge in [-0.1, -0.05) is 17.7 Å². The summed E-state index contributed by atoms with van der Waals surface area (Å²) in [7, 11) is 0. The third-order valence-electron chi connectivity index (χ3n) is 4.93. The van der Waals surface area contributed by atoms with Gasteiger partial charge < -0.3 is 16.0 Å². The fraction of sp³-hybridized carbons (Fsp3) is 0.182. The Morgan fingerprint density at radius 2 is 1.93 bits per heavy atom. The maximum atomic E-state index is 13.8. The summed E-state index contributed by atoms with van der Waals surface area (Å²) >= 11 is 0. The number of nitrogens with one attached hydrogen (secondary N) is 1. The van der Waals surface area contributed by atoms with Crippen molar-refractivity contribution >= 4 is 23.6 Å². The number of hydrogen-bond donors (Lipinski definition) is 2. The van der Waals surface area contributed by atoms with Crippen LogP contribution < -0.4 is 11.1 Å². The molecule has 6 nitrogen and oxygen atoms in total. The molecule has 0 saturated heterocycles. The van der Waals surface area contributed by atoms with Gasteiger partial charge in [0.05, 0.1) is 13.1 Å². The minimum absolute atomic E-state index is 0.0659. The number of imidazole rings is 1. The van der Waals surface area contributed by atoms with E-state index in [1.54, 1.807) is 31.5 Å². The van der Waals surface area contributed by atoms with Gasteiger partial charge in [0.2, 0.25) is 5.91 Å². The van der Waals surface area contributed by atoms with Crippen LogP contribution in [0, 0.1) is 19.7 Å². The van der Waals surface area contributed by atoms with Gasteiger partial charge in [0.15, 0.2) is 0 Å². The molecule has 1 aliphatic heterocycles. The second kappa shape index (κ2) is 7.52. The number of aromatic nitrogens is 2. The van der Waals surface area contributed by atoms with Gasteiger partial charge in [-0.15, -0.1) is 0 Å². The second-order valence-corrected chi connectivity index (χ2v) is 7.07. The van der Waals surface area contributed by atoms with Crippen molar-refractivity contribution < 1.29 is 9.18 Å². The van der Waals surface area contributed by atoms with Gasteiger partial charge in [-0.25, -0.2) is 9.37 Å². The predicted octanol–water partition coefficient (Wildman–Crippen LogP) is 3.78. The number of halogens is 1. The predicted molar refractivity (Wildman–Crippen MR) is 112 cm³/mol. The molecule has 0 radical (unpaired) electrons. The molecule has 1 amide bonds. The molecule has 0 fully saturated rings. The third-order valence-corrected chi connectivity index (χ3v) is 4.93. The Labute approximate surface area is 168 Å². The van der Waals surface area contributed by atoms with E-state index >= 15 is 0 Å². The maximum absolute atomic E-state index is 13.8. The van der Waals surface area contributed by atoms with Gasteiger partial charge in [0.25, 0.3) is 0 Å². The summed E-state index contributed by atoms with van der Waals surface area (Å²) in [4.78, 5) is 18.3. The highest BCUT2D eigenvalue weighted by atomic mass is 19.1. The first-order valence-electron chi connectivity index (χ1n) is 9.35. The molecule has 1 aliphatic rings. The van der Waals surface area contributed by atoms with Gasteiger partial charge in [0.1, 0.15) is 23.2 Å². The molecule has 148 valence electrons. The number of nitrogens with zero attached hydrogens (tertiary/aromatic N) is 3. The fourth-order valence-electron chi connectivity index (χ4n) is 3.28. The summed E-state index contributed by atoms with van der Waals surface area (Å²) in [5.74, 6) is 1.01. The van der Waals surface area contributed by atoms with Crippen LogP contribution in [0.1, 0.15) is 17.0 Å². The Kier molecular flexibility index (Phi) is 4.90. The molecule has 0 saturated carbocycles. The van der Waals surface area contributed by atoms with Gasteiger partial charge in [-0.2, -0.15) is 0 Å². The molecule has 3 N–H and O–H groups in total. The average molecular weight is 391 g/mol. The lowest BCUT2D eigenvalue weighted by Crippen LogP contribution is -2.33. The first-order chi connectivity index (χ1) is 14.0. The first-order valence-corrected chi connectivity index (χ1v) is 9.35. The molecule has 2 heterocycles. The van der Waals surface area contributed by atoms with Gasteiger partial charge >= 0.3 is 0 Å². The summed E-state index contributed by atoms with van der Waals surface area (Å²) in [6.45, 7) is 4.01. The van der Waals surface area contributed by atoms with E-state index in [2.05, 4.69) is 5.32 Å².